The van der Waals surface area contributed by atoms with E-state index in [2.05, 4.69) is 5.32 Å². The highest BCUT2D eigenvalue weighted by atomic mass is 35.5. The Morgan fingerprint density at radius 1 is 1.15 bits per heavy atom. The molecule has 0 aliphatic rings. The van der Waals surface area contributed by atoms with Crippen molar-refractivity contribution in [1.29, 1.82) is 0 Å². The molecule has 0 saturated heterocycles. The number of nitrogens with one attached hydrogen (secondary N) is 1. The summed E-state index contributed by atoms with van der Waals surface area (Å²) in [5, 5.41) is 43.0. The lowest BCUT2D eigenvalue weighted by Crippen LogP contribution is -2.34. The van der Waals surface area contributed by atoms with Crippen LogP contribution in [0, 0.1) is 20.2 Å². The predicted octanol–water partition coefficient (Wildman–Crippen LogP) is 0.870. The maximum atomic E-state index is 12.3. The summed E-state index contributed by atoms with van der Waals surface area (Å²) in [6.45, 7) is -0.645. The number of nitrogens with zero attached hydrogens (tertiary/aromatic N) is 3. The van der Waals surface area contributed by atoms with E-state index in [4.69, 9.17) is 28.3 Å². The minimum Gasteiger partial charge on any atom is -0.394 e. The van der Waals surface area contributed by atoms with Crippen molar-refractivity contribution in [2.45, 2.75) is 6.10 Å². The second-order valence-electron chi connectivity index (χ2n) is 5.28. The number of hydrogen-bond acceptors (Lipinski definition) is 8. The van der Waals surface area contributed by atoms with Gasteiger partial charge in [-0.2, -0.15) is 0 Å². The third-order valence-electron chi connectivity index (χ3n) is 3.49. The van der Waals surface area contributed by atoms with E-state index in [9.17, 15) is 30.1 Å². The van der Waals surface area contributed by atoms with Gasteiger partial charge < -0.3 is 20.4 Å². The zero-order valence-electron chi connectivity index (χ0n) is 14.0. The molecule has 1 aromatic rings. The Bertz CT molecular complexity index is 698. The summed E-state index contributed by atoms with van der Waals surface area (Å²) in [7, 11) is 0. The van der Waals surface area contributed by atoms with Gasteiger partial charge in [-0.25, -0.2) is 0 Å². The monoisotopic (exact) mass is 424 g/mol. The number of aliphatic hydroxyl groups excluding tert-OH is 2. The number of benzene rings is 1. The first-order valence-electron chi connectivity index (χ1n) is 7.67. The zero-order valence-corrected chi connectivity index (χ0v) is 15.5. The number of nitro benzene ring substituents is 2. The number of carbonyl (C=O) groups is 1. The molecule has 0 aromatic heterocycles. The van der Waals surface area contributed by atoms with E-state index in [1.807, 2.05) is 0 Å². The standard InChI is InChI=1S/C14H18Cl2N4O7/c15-1-3-18(4-2-16)12-5-10(14(23)17-7-9(22)8-21)11(19(24)25)6-13(12)20(26)27/h5-6,9,21-22H,1-4,7-8H2,(H,17,23). The number of halogens is 2. The van der Waals surface area contributed by atoms with Crippen molar-refractivity contribution in [3.05, 3.63) is 37.9 Å². The summed E-state index contributed by atoms with van der Waals surface area (Å²) in [5.41, 5.74) is -1.80. The number of hydrogen-bond donors (Lipinski definition) is 3. The van der Waals surface area contributed by atoms with Gasteiger partial charge in [0.2, 0.25) is 0 Å². The van der Waals surface area contributed by atoms with E-state index in [0.717, 1.165) is 6.07 Å². The van der Waals surface area contributed by atoms with Crippen LogP contribution in [0.2, 0.25) is 0 Å². The van der Waals surface area contributed by atoms with Gasteiger partial charge in [0.25, 0.3) is 17.3 Å². The molecule has 1 atom stereocenters. The maximum Gasteiger partial charge on any atom is 0.299 e. The van der Waals surface area contributed by atoms with Crippen molar-refractivity contribution < 1.29 is 24.9 Å². The average molecular weight is 425 g/mol. The van der Waals surface area contributed by atoms with Crippen LogP contribution in [0.15, 0.2) is 12.1 Å². The molecule has 1 unspecified atom stereocenters. The Morgan fingerprint density at radius 2 is 1.70 bits per heavy atom. The third-order valence-corrected chi connectivity index (χ3v) is 3.83. The molecule has 1 aromatic carbocycles. The van der Waals surface area contributed by atoms with Crippen LogP contribution < -0.4 is 10.2 Å². The number of amides is 1. The van der Waals surface area contributed by atoms with Crippen LogP contribution in [0.4, 0.5) is 17.1 Å². The fourth-order valence-electron chi connectivity index (χ4n) is 2.23. The second kappa shape index (κ2) is 10.8. The molecule has 0 aliphatic carbocycles. The first-order valence-corrected chi connectivity index (χ1v) is 8.74. The van der Waals surface area contributed by atoms with Gasteiger partial charge in [0.1, 0.15) is 11.3 Å². The van der Waals surface area contributed by atoms with Crippen LogP contribution in [0.5, 0.6) is 0 Å². The summed E-state index contributed by atoms with van der Waals surface area (Å²) >= 11 is 11.4. The topological polar surface area (TPSA) is 159 Å². The molecule has 0 aliphatic heterocycles. The molecule has 13 heteroatoms. The summed E-state index contributed by atoms with van der Waals surface area (Å²) in [6.07, 6.45) is -1.26. The van der Waals surface area contributed by atoms with Gasteiger partial charge in [-0.3, -0.25) is 25.0 Å². The van der Waals surface area contributed by atoms with Crippen LogP contribution in [-0.2, 0) is 0 Å². The Kier molecular flexibility index (Phi) is 9.15. The highest BCUT2D eigenvalue weighted by Gasteiger charge is 2.30. The van der Waals surface area contributed by atoms with E-state index in [1.54, 1.807) is 0 Å². The molecule has 27 heavy (non-hydrogen) atoms. The van der Waals surface area contributed by atoms with Gasteiger partial charge in [0.05, 0.1) is 28.6 Å². The summed E-state index contributed by atoms with van der Waals surface area (Å²) < 4.78 is 0. The van der Waals surface area contributed by atoms with Crippen LogP contribution >= 0.6 is 23.2 Å². The molecule has 150 valence electrons. The molecule has 11 nitrogen and oxygen atoms in total. The molecule has 0 radical (unpaired) electrons. The van der Waals surface area contributed by atoms with Crippen LogP contribution in [0.1, 0.15) is 10.4 Å². The second-order valence-corrected chi connectivity index (χ2v) is 6.04. The van der Waals surface area contributed by atoms with Crippen molar-refractivity contribution in [3.8, 4) is 0 Å². The van der Waals surface area contributed by atoms with Crippen LogP contribution in [0.25, 0.3) is 0 Å². The normalized spacial score (nSPS) is 11.7. The van der Waals surface area contributed by atoms with Gasteiger partial charge in [-0.05, 0) is 6.07 Å². The lowest BCUT2D eigenvalue weighted by Gasteiger charge is -2.23. The van der Waals surface area contributed by atoms with Gasteiger partial charge in [0, 0.05) is 31.4 Å². The Morgan fingerprint density at radius 3 is 2.15 bits per heavy atom. The summed E-state index contributed by atoms with van der Waals surface area (Å²) in [5.74, 6) is -0.716. The highest BCUT2D eigenvalue weighted by Crippen LogP contribution is 2.35. The highest BCUT2D eigenvalue weighted by molar-refractivity contribution is 6.18. The molecule has 0 spiro atoms. The molecule has 1 amide bonds. The maximum absolute atomic E-state index is 12.3. The van der Waals surface area contributed by atoms with E-state index >= 15 is 0 Å². The molecule has 0 saturated carbocycles. The van der Waals surface area contributed by atoms with Crippen molar-refractivity contribution in [1.82, 2.24) is 5.32 Å². The molecule has 1 rings (SSSR count). The smallest absolute Gasteiger partial charge is 0.299 e. The molecule has 0 fully saturated rings. The Labute approximate surface area is 163 Å². The fourth-order valence-corrected chi connectivity index (χ4v) is 2.63. The Balaban J connectivity index is 3.47. The molecule has 3 N–H and O–H groups in total. The van der Waals surface area contributed by atoms with E-state index in [-0.39, 0.29) is 37.1 Å². The zero-order chi connectivity index (χ0) is 20.6. The summed E-state index contributed by atoms with van der Waals surface area (Å²) in [6, 6.07) is 1.72. The minimum atomic E-state index is -1.26. The van der Waals surface area contributed by atoms with Gasteiger partial charge in [-0.1, -0.05) is 0 Å². The predicted molar refractivity (Wildman–Crippen MR) is 98.8 cm³/mol. The SMILES string of the molecule is O=C(NCC(O)CO)c1cc(N(CCCl)CCCl)c([N+](=O)[O-])cc1[N+](=O)[O-]. The Hall–Kier alpha value is -2.21. The number of carbonyl (C=O) groups excluding carboxylic acids is 1. The largest absolute Gasteiger partial charge is 0.394 e. The van der Waals surface area contributed by atoms with E-state index in [1.165, 1.54) is 4.90 Å². The van der Waals surface area contributed by atoms with Crippen LogP contribution in [-0.4, -0.2) is 70.1 Å². The van der Waals surface area contributed by atoms with Crippen molar-refractivity contribution >= 4 is 46.2 Å². The van der Waals surface area contributed by atoms with E-state index < -0.39 is 45.4 Å². The quantitative estimate of drug-likeness (QED) is 0.268. The third kappa shape index (κ3) is 6.17. The lowest BCUT2D eigenvalue weighted by molar-refractivity contribution is -0.393. The molecular formula is C14H18Cl2N4O7. The van der Waals surface area contributed by atoms with Crippen molar-refractivity contribution in [3.63, 3.8) is 0 Å². The van der Waals surface area contributed by atoms with Gasteiger partial charge in [0.15, 0.2) is 0 Å². The lowest BCUT2D eigenvalue weighted by atomic mass is 10.1. The van der Waals surface area contributed by atoms with Crippen molar-refractivity contribution in [2.24, 2.45) is 0 Å². The first-order chi connectivity index (χ1) is 12.8. The number of rotatable bonds is 11. The van der Waals surface area contributed by atoms with Gasteiger partial charge in [-0.15, -0.1) is 23.2 Å². The van der Waals surface area contributed by atoms with Gasteiger partial charge >= 0.3 is 0 Å². The summed E-state index contributed by atoms with van der Waals surface area (Å²) in [4.78, 5) is 34.7. The van der Waals surface area contributed by atoms with Crippen LogP contribution in [0.3, 0.4) is 0 Å². The number of aliphatic hydroxyl groups is 2. The molecule has 0 heterocycles. The number of alkyl halides is 2. The molecule has 0 bridgehead atoms. The minimum absolute atomic E-state index is 0.0419. The van der Waals surface area contributed by atoms with E-state index in [0.29, 0.717) is 6.07 Å². The fraction of sp³-hybridized carbons (Fsp3) is 0.500. The first kappa shape index (κ1) is 22.8. The number of anilines is 1. The average Bonchev–Trinajstić information content (AvgIpc) is 2.64. The molecular weight excluding hydrogens is 407 g/mol. The number of nitro groups is 2. The van der Waals surface area contributed by atoms with Crippen molar-refractivity contribution in [2.75, 3.05) is 42.9 Å².